The van der Waals surface area contributed by atoms with Crippen molar-refractivity contribution < 1.29 is 17.0 Å². The molecule has 2 saturated carbocycles. The zero-order valence-corrected chi connectivity index (χ0v) is 15.7. The second-order valence-electron chi connectivity index (χ2n) is 6.54. The van der Waals surface area contributed by atoms with Crippen LogP contribution in [0.4, 0.5) is 0 Å². The molecule has 2 fully saturated rings. The van der Waals surface area contributed by atoms with E-state index in [2.05, 4.69) is 19.6 Å². The van der Waals surface area contributed by atoms with Gasteiger partial charge in [0.2, 0.25) is 0 Å². The van der Waals surface area contributed by atoms with E-state index in [0.717, 1.165) is 32.1 Å². The molecule has 0 N–H and O–H groups in total. The monoisotopic (exact) mass is 347 g/mol. The summed E-state index contributed by atoms with van der Waals surface area (Å²) in [5, 5.41) is 9.46. The molecule has 0 aromatic heterocycles. The smallest absolute Gasteiger partial charge is 1.00 e. The molecule has 108 valence electrons. The molecule has 0 aliphatic heterocycles. The van der Waals surface area contributed by atoms with Gasteiger partial charge in [-0.25, -0.2) is 0 Å². The van der Waals surface area contributed by atoms with E-state index in [-0.39, 0.29) is 50.9 Å². The summed E-state index contributed by atoms with van der Waals surface area (Å²) in [5.74, 6) is 0. The first-order chi connectivity index (χ1) is 8.60. The second-order valence-corrected chi connectivity index (χ2v) is 6.54. The second kappa shape index (κ2) is 8.81. The molecule has 0 amide bonds. The molecule has 0 radical (unpaired) electrons. The minimum Gasteiger partial charge on any atom is -1.00 e. The molecular weight excluding hydrogens is 322 g/mol. The van der Waals surface area contributed by atoms with Crippen LogP contribution in [0.1, 0.15) is 70.6 Å². The van der Waals surface area contributed by atoms with Crippen molar-refractivity contribution in [3.63, 3.8) is 0 Å². The topological polar surface area (TPSA) is 23.8 Å². The molecule has 0 saturated heterocycles. The molecular formula is C17H26BrMgN. The van der Waals surface area contributed by atoms with Gasteiger partial charge < -0.3 is 23.9 Å². The summed E-state index contributed by atoms with van der Waals surface area (Å²) in [6.07, 6.45) is 13.0. The summed E-state index contributed by atoms with van der Waals surface area (Å²) in [4.78, 5) is 0. The summed E-state index contributed by atoms with van der Waals surface area (Å²) >= 11 is 0. The van der Waals surface area contributed by atoms with Crippen LogP contribution >= 0.6 is 0 Å². The van der Waals surface area contributed by atoms with Gasteiger partial charge in [-0.1, -0.05) is 38.5 Å². The van der Waals surface area contributed by atoms with Crippen molar-refractivity contribution in [3.8, 4) is 6.07 Å². The molecule has 1 unspecified atom stereocenters. The number of allylic oxidation sites excluding steroid dienone is 1. The van der Waals surface area contributed by atoms with E-state index < -0.39 is 0 Å². The average molecular weight is 349 g/mol. The van der Waals surface area contributed by atoms with E-state index >= 15 is 0 Å². The van der Waals surface area contributed by atoms with Crippen LogP contribution in [0.25, 0.3) is 0 Å². The molecule has 1 atom stereocenters. The summed E-state index contributed by atoms with van der Waals surface area (Å²) in [7, 11) is 0. The maximum Gasteiger partial charge on any atom is 2.00 e. The molecule has 2 rings (SSSR count). The van der Waals surface area contributed by atoms with E-state index in [9.17, 15) is 5.26 Å². The number of hydrogen-bond donors (Lipinski definition) is 0. The Morgan fingerprint density at radius 1 is 1.05 bits per heavy atom. The van der Waals surface area contributed by atoms with Crippen LogP contribution in [0.3, 0.4) is 0 Å². The Kier molecular flexibility index (Phi) is 9.02. The fraction of sp³-hybridized carbons (Fsp3) is 0.765. The Labute approximate surface area is 151 Å². The van der Waals surface area contributed by atoms with E-state index in [1.807, 2.05) is 0 Å². The zero-order valence-electron chi connectivity index (χ0n) is 12.7. The number of hydrogen-bond acceptors (Lipinski definition) is 1. The van der Waals surface area contributed by atoms with Crippen molar-refractivity contribution in [3.05, 3.63) is 19.1 Å². The summed E-state index contributed by atoms with van der Waals surface area (Å²) in [6.45, 7) is 8.76. The molecule has 3 heteroatoms. The maximum atomic E-state index is 9.46. The van der Waals surface area contributed by atoms with Gasteiger partial charge in [0.1, 0.15) is 0 Å². The van der Waals surface area contributed by atoms with Crippen LogP contribution in [0, 0.1) is 29.1 Å². The molecule has 0 heterocycles. The fourth-order valence-electron chi connectivity index (χ4n) is 3.67. The molecule has 0 aromatic rings. The van der Waals surface area contributed by atoms with E-state index in [4.69, 9.17) is 0 Å². The quantitative estimate of drug-likeness (QED) is 0.330. The first kappa shape index (κ1) is 20.5. The minimum absolute atomic E-state index is 0. The first-order valence-corrected chi connectivity index (χ1v) is 7.55. The molecule has 2 aliphatic rings. The van der Waals surface area contributed by atoms with Crippen molar-refractivity contribution in [2.45, 2.75) is 70.6 Å². The number of halogens is 1. The van der Waals surface area contributed by atoms with E-state index in [1.54, 1.807) is 0 Å². The largest absolute Gasteiger partial charge is 2.00 e. The number of rotatable bonds is 3. The summed E-state index contributed by atoms with van der Waals surface area (Å²) < 4.78 is 0. The molecule has 0 spiro atoms. The van der Waals surface area contributed by atoms with Gasteiger partial charge in [-0.05, 0) is 32.1 Å². The van der Waals surface area contributed by atoms with Crippen molar-refractivity contribution >= 4 is 23.1 Å². The predicted molar refractivity (Wildman–Crippen MR) is 81.5 cm³/mol. The predicted octanol–water partition coefficient (Wildman–Crippen LogP) is 1.81. The van der Waals surface area contributed by atoms with Gasteiger partial charge in [0, 0.05) is 0 Å². The van der Waals surface area contributed by atoms with Crippen molar-refractivity contribution in [1.29, 1.82) is 5.26 Å². The van der Waals surface area contributed by atoms with Gasteiger partial charge in [0.15, 0.2) is 0 Å². The molecule has 20 heavy (non-hydrogen) atoms. The fourth-order valence-corrected chi connectivity index (χ4v) is 3.67. The minimum atomic E-state index is -0.0305. The Hall–Kier alpha value is 0.476. The third kappa shape index (κ3) is 4.75. The van der Waals surface area contributed by atoms with Gasteiger partial charge >= 0.3 is 23.1 Å². The SMILES string of the molecule is C=C1CCCCCC1([CH2-])CCC1(C#N)CCCC1.[Br-].[Mg+2]. The normalized spacial score (nSPS) is 28.7. The third-order valence-electron chi connectivity index (χ3n) is 5.26. The summed E-state index contributed by atoms with van der Waals surface area (Å²) in [6, 6.07) is 2.61. The number of nitrogens with zero attached hydrogens (tertiary/aromatic N) is 1. The van der Waals surface area contributed by atoms with E-state index in [1.165, 1.54) is 44.1 Å². The molecule has 0 bridgehead atoms. The first-order valence-electron chi connectivity index (χ1n) is 7.55. The third-order valence-corrected chi connectivity index (χ3v) is 5.26. The van der Waals surface area contributed by atoms with E-state index in [0.29, 0.717) is 0 Å². The van der Waals surface area contributed by atoms with Crippen LogP contribution in [-0.2, 0) is 0 Å². The van der Waals surface area contributed by atoms with Crippen molar-refractivity contribution in [1.82, 2.24) is 0 Å². The van der Waals surface area contributed by atoms with Crippen LogP contribution in [0.5, 0.6) is 0 Å². The molecule has 0 aromatic carbocycles. The molecule has 1 nitrogen and oxygen atoms in total. The molecule has 2 aliphatic carbocycles. The van der Waals surface area contributed by atoms with Crippen LogP contribution in [0.2, 0.25) is 0 Å². The van der Waals surface area contributed by atoms with Gasteiger partial charge in [0.25, 0.3) is 0 Å². The Morgan fingerprint density at radius 3 is 2.25 bits per heavy atom. The Morgan fingerprint density at radius 2 is 1.65 bits per heavy atom. The van der Waals surface area contributed by atoms with Gasteiger partial charge in [-0.15, -0.1) is 17.6 Å². The van der Waals surface area contributed by atoms with Crippen LogP contribution < -0.4 is 17.0 Å². The Bertz CT molecular complexity index is 354. The average Bonchev–Trinajstić information content (AvgIpc) is 2.79. The van der Waals surface area contributed by atoms with Crippen molar-refractivity contribution in [2.24, 2.45) is 10.8 Å². The van der Waals surface area contributed by atoms with Crippen molar-refractivity contribution in [2.75, 3.05) is 0 Å². The zero-order chi connectivity index (χ0) is 13.1. The summed E-state index contributed by atoms with van der Waals surface area (Å²) in [5.41, 5.74) is 1.37. The standard InChI is InChI=1S/C17H26N.BrH.Mg/c1-15-8-4-3-5-9-16(15,2)12-13-17(14-18)10-6-7-11-17;;/h1-13H2;1H;/q-1;;+2/p-1. The van der Waals surface area contributed by atoms with Crippen LogP contribution in [0.15, 0.2) is 12.2 Å². The number of nitriles is 1. The van der Waals surface area contributed by atoms with Gasteiger partial charge in [-0.2, -0.15) is 5.26 Å². The van der Waals surface area contributed by atoms with Gasteiger partial charge in [-0.3, -0.25) is 0 Å². The Balaban J connectivity index is 0.00000180. The van der Waals surface area contributed by atoms with Gasteiger partial charge in [0.05, 0.1) is 11.5 Å². The maximum absolute atomic E-state index is 9.46. The van der Waals surface area contributed by atoms with Crippen LogP contribution in [-0.4, -0.2) is 23.1 Å².